The normalized spacial score (nSPS) is 26.3. The highest BCUT2D eigenvalue weighted by molar-refractivity contribution is 7.83. The van der Waals surface area contributed by atoms with Crippen molar-refractivity contribution in [1.82, 2.24) is 0 Å². The molecule has 0 saturated heterocycles. The highest BCUT2D eigenvalue weighted by Crippen LogP contribution is 2.54. The molecule has 2 heteroatoms. The minimum atomic E-state index is -0.161. The molecule has 1 saturated carbocycles. The largest absolute Gasteiger partial charge is 0.312 e. The van der Waals surface area contributed by atoms with Crippen LogP contribution in [0, 0.1) is 10.8 Å². The number of thiol groups is 1. The lowest BCUT2D eigenvalue weighted by Crippen LogP contribution is -2.53. The van der Waals surface area contributed by atoms with Gasteiger partial charge in [0.1, 0.15) is 0 Å². The third-order valence-corrected chi connectivity index (χ3v) is 2.92. The summed E-state index contributed by atoms with van der Waals surface area (Å²) >= 11 is 4.13. The summed E-state index contributed by atoms with van der Waals surface area (Å²) in [7, 11) is 0. The second-order valence-corrected chi connectivity index (χ2v) is 4.40. The summed E-state index contributed by atoms with van der Waals surface area (Å²) in [5.41, 5.74) is 0.877. The molecule has 1 aliphatic rings. The molecular weight excluding hydrogens is 156 g/mol. The van der Waals surface area contributed by atoms with Gasteiger partial charge in [0.2, 0.25) is 0 Å². The van der Waals surface area contributed by atoms with Gasteiger partial charge in [0, 0.05) is 0 Å². The van der Waals surface area contributed by atoms with Gasteiger partial charge in [0.15, 0.2) is 0 Å². The second-order valence-electron chi connectivity index (χ2n) is 4.14. The third-order valence-electron chi connectivity index (χ3n) is 2.66. The van der Waals surface area contributed by atoms with E-state index in [0.717, 1.165) is 0 Å². The Morgan fingerprint density at radius 1 is 1.18 bits per heavy atom. The van der Waals surface area contributed by atoms with Crippen molar-refractivity contribution in [3.05, 3.63) is 11.0 Å². The summed E-state index contributed by atoms with van der Waals surface area (Å²) < 4.78 is 0. The van der Waals surface area contributed by atoms with Crippen LogP contribution in [-0.4, -0.2) is 10.6 Å². The van der Waals surface area contributed by atoms with Gasteiger partial charge in [0.25, 0.3) is 0 Å². The molecule has 0 spiro atoms. The van der Waals surface area contributed by atoms with Crippen molar-refractivity contribution >= 4 is 18.4 Å². The molecule has 1 rings (SSSR count). The maximum atomic E-state index is 9.65. The molecule has 0 aromatic heterocycles. The molecule has 1 aliphatic carbocycles. The van der Waals surface area contributed by atoms with E-state index < -0.39 is 0 Å². The van der Waals surface area contributed by atoms with Crippen molar-refractivity contribution in [2.75, 3.05) is 0 Å². The van der Waals surface area contributed by atoms with E-state index in [9.17, 15) is 4.79 Å². The summed E-state index contributed by atoms with van der Waals surface area (Å²) in [4.78, 5) is 9.65. The third kappa shape index (κ3) is 0.886. The highest BCUT2D eigenvalue weighted by atomic mass is 32.1. The zero-order valence-electron chi connectivity index (χ0n) is 7.47. The molecule has 1 fully saturated rings. The zero-order chi connectivity index (χ0) is 8.86. The number of carbonyl (C=O) groups excluding carboxylic acids is 1. The highest BCUT2D eigenvalue weighted by Gasteiger charge is 2.62. The molecule has 1 N–H and O–H groups in total. The summed E-state index contributed by atoms with van der Waals surface area (Å²) in [6.45, 7) is 8.04. The van der Waals surface area contributed by atoms with E-state index >= 15 is 0 Å². The second kappa shape index (κ2) is 2.13. The first-order valence-electron chi connectivity index (χ1n) is 3.77. The van der Waals surface area contributed by atoms with E-state index in [-0.39, 0.29) is 10.8 Å². The van der Waals surface area contributed by atoms with Gasteiger partial charge in [0.05, 0.1) is 10.8 Å². The van der Waals surface area contributed by atoms with E-state index in [4.69, 9.17) is 0 Å². The first-order valence-corrected chi connectivity index (χ1v) is 4.29. The lowest BCUT2D eigenvalue weighted by atomic mass is 9.51. The molecule has 0 amide bonds. The predicted molar refractivity (Wildman–Crippen MR) is 51.6 cm³/mol. The molecular formula is C9H15OS+. The Hall–Kier alpha value is -0.240. The molecule has 0 unspecified atom stereocenters. The van der Waals surface area contributed by atoms with Crippen molar-refractivity contribution in [3.8, 4) is 0 Å². The maximum absolute atomic E-state index is 9.65. The average Bonchev–Trinajstić information content (AvgIpc) is 1.86. The predicted octanol–water partition coefficient (Wildman–Crippen LogP) is 2.41. The van der Waals surface area contributed by atoms with Gasteiger partial charge < -0.3 is 0 Å². The fraction of sp³-hybridized carbons (Fsp3) is 0.667. The average molecular weight is 171 g/mol. The van der Waals surface area contributed by atoms with Gasteiger partial charge in [-0.3, -0.25) is 4.79 Å². The lowest BCUT2D eigenvalue weighted by Gasteiger charge is -2.45. The van der Waals surface area contributed by atoms with Crippen LogP contribution < -0.4 is 0 Å². The van der Waals surface area contributed by atoms with Crippen LogP contribution in [0.4, 0.5) is 0 Å². The molecule has 0 atom stereocenters. The smallest absolute Gasteiger partial charge is 0.282 e. The van der Waals surface area contributed by atoms with Crippen molar-refractivity contribution < 1.29 is 4.79 Å². The number of rotatable bonds is 0. The summed E-state index contributed by atoms with van der Waals surface area (Å²) in [6.07, 6.45) is 0. The Morgan fingerprint density at radius 2 is 1.55 bits per heavy atom. The van der Waals surface area contributed by atoms with E-state index in [1.54, 1.807) is 5.41 Å². The number of hydrogen-bond acceptors (Lipinski definition) is 1. The van der Waals surface area contributed by atoms with Crippen LogP contribution in [0.5, 0.6) is 0 Å². The van der Waals surface area contributed by atoms with Crippen molar-refractivity contribution in [2.24, 2.45) is 10.8 Å². The molecule has 0 aromatic rings. The van der Waals surface area contributed by atoms with Gasteiger partial charge >= 0.3 is 5.78 Å². The fourth-order valence-corrected chi connectivity index (χ4v) is 2.72. The van der Waals surface area contributed by atoms with E-state index in [1.165, 1.54) is 5.57 Å². The Kier molecular flexibility index (Phi) is 1.71. The summed E-state index contributed by atoms with van der Waals surface area (Å²) in [6, 6.07) is 0. The van der Waals surface area contributed by atoms with Crippen LogP contribution in [0.1, 0.15) is 27.7 Å². The van der Waals surface area contributed by atoms with E-state index in [1.807, 2.05) is 27.7 Å². The lowest BCUT2D eigenvalue weighted by molar-refractivity contribution is 0.319. The molecule has 0 aromatic carbocycles. The number of ketones is 1. The van der Waals surface area contributed by atoms with Crippen molar-refractivity contribution in [1.29, 1.82) is 0 Å². The first-order chi connectivity index (χ1) is 4.85. The quantitative estimate of drug-likeness (QED) is 0.427. The van der Waals surface area contributed by atoms with Crippen LogP contribution >= 0.6 is 12.6 Å². The van der Waals surface area contributed by atoms with Crippen molar-refractivity contribution in [3.63, 3.8) is 0 Å². The maximum Gasteiger partial charge on any atom is 0.312 e. The zero-order valence-corrected chi connectivity index (χ0v) is 8.37. The molecule has 1 nitrogen and oxygen atoms in total. The number of allylic oxidation sites excluding steroid dienone is 1. The molecule has 62 valence electrons. The minimum absolute atomic E-state index is 0.161. The standard InChI is InChI=1S/C9H14OS/c1-8(2)6(5-11)9(3,4)7(8)10/h5,11H,1-4H3/p+1. The molecule has 11 heavy (non-hydrogen) atoms. The van der Waals surface area contributed by atoms with Gasteiger partial charge in [-0.05, 0) is 38.7 Å². The van der Waals surface area contributed by atoms with Gasteiger partial charge in [-0.1, -0.05) is 0 Å². The Bertz CT molecular complexity index is 216. The Balaban J connectivity index is 3.08. The monoisotopic (exact) mass is 171 g/mol. The van der Waals surface area contributed by atoms with Gasteiger partial charge in [-0.2, -0.15) is 12.6 Å². The van der Waals surface area contributed by atoms with E-state index in [2.05, 4.69) is 12.6 Å². The van der Waals surface area contributed by atoms with Crippen LogP contribution in [-0.2, 0) is 0 Å². The topological polar surface area (TPSA) is 21.4 Å². The van der Waals surface area contributed by atoms with Gasteiger partial charge in [-0.15, -0.1) is 0 Å². The fourth-order valence-electron chi connectivity index (χ4n) is 2.08. The molecule has 0 bridgehead atoms. The molecule has 0 aliphatic heterocycles. The van der Waals surface area contributed by atoms with Gasteiger partial charge in [-0.25, -0.2) is 0 Å². The minimum Gasteiger partial charge on any atom is -0.282 e. The van der Waals surface area contributed by atoms with Crippen LogP contribution in [0.15, 0.2) is 11.0 Å². The Morgan fingerprint density at radius 3 is 1.73 bits per heavy atom. The summed E-state index contributed by atoms with van der Waals surface area (Å²) in [5, 5.41) is 1.81. The molecule has 0 radical (unpaired) electrons. The SMILES string of the molecule is CC1(C)C(=[OH+])C(C)(C)C1=CS. The van der Waals surface area contributed by atoms with Crippen LogP contribution in [0.2, 0.25) is 0 Å². The van der Waals surface area contributed by atoms with Crippen LogP contribution in [0.25, 0.3) is 0 Å². The first kappa shape index (κ1) is 8.85. The number of hydrogen-bond donors (Lipinski definition) is 1. The Labute approximate surface area is 73.3 Å². The van der Waals surface area contributed by atoms with E-state index in [0.29, 0.717) is 5.78 Å². The van der Waals surface area contributed by atoms with Crippen LogP contribution in [0.3, 0.4) is 0 Å². The molecule has 0 heterocycles. The van der Waals surface area contributed by atoms with Crippen molar-refractivity contribution in [2.45, 2.75) is 27.7 Å². The summed E-state index contributed by atoms with van der Waals surface area (Å²) in [5.74, 6) is 0.560.